The van der Waals surface area contributed by atoms with Gasteiger partial charge in [0.2, 0.25) is 0 Å². The lowest BCUT2D eigenvalue weighted by molar-refractivity contribution is 0.731. The molecule has 1 rings (SSSR count). The third-order valence-electron chi connectivity index (χ3n) is 2.24. The SMILES string of the molecule is CC(C)/C=C/CCCCc1cnc(N)[nH]1. The summed E-state index contributed by atoms with van der Waals surface area (Å²) in [4.78, 5) is 7.00. The Labute approximate surface area is 91.8 Å². The number of imidazole rings is 1. The van der Waals surface area contributed by atoms with E-state index < -0.39 is 0 Å². The maximum Gasteiger partial charge on any atom is 0.197 e. The second-order valence-electron chi connectivity index (χ2n) is 4.21. The van der Waals surface area contributed by atoms with E-state index >= 15 is 0 Å². The van der Waals surface area contributed by atoms with Crippen LogP contribution in [0.25, 0.3) is 0 Å². The van der Waals surface area contributed by atoms with Gasteiger partial charge in [0.25, 0.3) is 0 Å². The quantitative estimate of drug-likeness (QED) is 0.556. The Morgan fingerprint density at radius 1 is 1.47 bits per heavy atom. The van der Waals surface area contributed by atoms with Crippen LogP contribution in [0.3, 0.4) is 0 Å². The fourth-order valence-electron chi connectivity index (χ4n) is 1.45. The number of nitrogens with two attached hydrogens (primary N) is 1. The maximum absolute atomic E-state index is 5.49. The summed E-state index contributed by atoms with van der Waals surface area (Å²) >= 11 is 0. The Morgan fingerprint density at radius 3 is 2.87 bits per heavy atom. The molecule has 0 radical (unpaired) electrons. The molecule has 3 heteroatoms. The molecule has 0 aromatic carbocycles. The van der Waals surface area contributed by atoms with E-state index in [1.54, 1.807) is 0 Å². The summed E-state index contributed by atoms with van der Waals surface area (Å²) in [5.41, 5.74) is 6.63. The van der Waals surface area contributed by atoms with Gasteiger partial charge in [-0.05, 0) is 31.6 Å². The van der Waals surface area contributed by atoms with Crippen molar-refractivity contribution in [2.24, 2.45) is 5.92 Å². The van der Waals surface area contributed by atoms with Crippen LogP contribution < -0.4 is 5.73 Å². The van der Waals surface area contributed by atoms with E-state index in [1.165, 1.54) is 19.3 Å². The summed E-state index contributed by atoms with van der Waals surface area (Å²) in [6, 6.07) is 0. The van der Waals surface area contributed by atoms with Crippen LogP contribution in [0.15, 0.2) is 18.3 Å². The zero-order valence-corrected chi connectivity index (χ0v) is 9.66. The van der Waals surface area contributed by atoms with Crippen LogP contribution in [0.1, 0.15) is 38.8 Å². The van der Waals surface area contributed by atoms with E-state index in [9.17, 15) is 0 Å². The van der Waals surface area contributed by atoms with E-state index in [2.05, 4.69) is 36.0 Å². The summed E-state index contributed by atoms with van der Waals surface area (Å²) < 4.78 is 0. The number of aromatic amines is 1. The van der Waals surface area contributed by atoms with Crippen LogP contribution in [0.2, 0.25) is 0 Å². The van der Waals surface area contributed by atoms with Gasteiger partial charge in [-0.25, -0.2) is 4.98 Å². The van der Waals surface area contributed by atoms with Crippen LogP contribution in [-0.2, 0) is 6.42 Å². The number of unbranched alkanes of at least 4 members (excludes halogenated alkanes) is 2. The van der Waals surface area contributed by atoms with Crippen molar-refractivity contribution >= 4 is 5.95 Å². The number of rotatable bonds is 6. The summed E-state index contributed by atoms with van der Waals surface area (Å²) in [5.74, 6) is 1.18. The minimum atomic E-state index is 0.518. The lowest BCUT2D eigenvalue weighted by Gasteiger charge is -1.97. The van der Waals surface area contributed by atoms with Crippen molar-refractivity contribution in [2.75, 3.05) is 5.73 Å². The molecular weight excluding hydrogens is 186 g/mol. The van der Waals surface area contributed by atoms with Crippen molar-refractivity contribution in [1.29, 1.82) is 0 Å². The van der Waals surface area contributed by atoms with Gasteiger partial charge in [-0.2, -0.15) is 0 Å². The number of nitrogens with one attached hydrogen (secondary N) is 1. The fourth-order valence-corrected chi connectivity index (χ4v) is 1.45. The zero-order valence-electron chi connectivity index (χ0n) is 9.66. The number of anilines is 1. The van der Waals surface area contributed by atoms with Gasteiger partial charge in [0.1, 0.15) is 0 Å². The largest absolute Gasteiger partial charge is 0.369 e. The minimum Gasteiger partial charge on any atom is -0.369 e. The third kappa shape index (κ3) is 5.25. The second kappa shape index (κ2) is 6.27. The van der Waals surface area contributed by atoms with Crippen LogP contribution in [0, 0.1) is 5.92 Å². The van der Waals surface area contributed by atoms with Gasteiger partial charge >= 0.3 is 0 Å². The van der Waals surface area contributed by atoms with E-state index in [1.807, 2.05) is 6.20 Å². The number of aryl methyl sites for hydroxylation is 1. The van der Waals surface area contributed by atoms with Crippen molar-refractivity contribution in [2.45, 2.75) is 39.5 Å². The Hall–Kier alpha value is -1.25. The Balaban J connectivity index is 2.07. The molecule has 0 saturated heterocycles. The molecule has 0 atom stereocenters. The predicted octanol–water partition coefficient (Wildman–Crippen LogP) is 2.92. The lowest BCUT2D eigenvalue weighted by Crippen LogP contribution is -1.88. The fraction of sp³-hybridized carbons (Fsp3) is 0.583. The molecule has 84 valence electrons. The summed E-state index contributed by atoms with van der Waals surface area (Å²) in [7, 11) is 0. The predicted molar refractivity (Wildman–Crippen MR) is 64.5 cm³/mol. The van der Waals surface area contributed by atoms with Crippen molar-refractivity contribution < 1.29 is 0 Å². The summed E-state index contributed by atoms with van der Waals surface area (Å²) in [6.07, 6.45) is 11.0. The highest BCUT2D eigenvalue weighted by Gasteiger charge is 1.96. The Bertz CT molecular complexity index is 300. The topological polar surface area (TPSA) is 54.7 Å². The highest BCUT2D eigenvalue weighted by atomic mass is 15.0. The van der Waals surface area contributed by atoms with Gasteiger partial charge in [0.05, 0.1) is 6.20 Å². The molecule has 0 saturated carbocycles. The zero-order chi connectivity index (χ0) is 11.1. The molecular formula is C12H21N3. The number of hydrogen-bond acceptors (Lipinski definition) is 2. The van der Waals surface area contributed by atoms with Gasteiger partial charge in [-0.15, -0.1) is 0 Å². The molecule has 0 fully saturated rings. The van der Waals surface area contributed by atoms with Crippen molar-refractivity contribution in [3.05, 3.63) is 24.0 Å². The number of allylic oxidation sites excluding steroid dienone is 2. The molecule has 0 aliphatic rings. The molecule has 1 aromatic heterocycles. The maximum atomic E-state index is 5.49. The van der Waals surface area contributed by atoms with E-state index in [0.717, 1.165) is 12.1 Å². The van der Waals surface area contributed by atoms with Crippen LogP contribution in [0.5, 0.6) is 0 Å². The molecule has 3 N–H and O–H groups in total. The molecule has 0 aliphatic heterocycles. The third-order valence-corrected chi connectivity index (χ3v) is 2.24. The number of hydrogen-bond donors (Lipinski definition) is 2. The Morgan fingerprint density at radius 2 is 2.27 bits per heavy atom. The normalized spacial score (nSPS) is 11.7. The summed E-state index contributed by atoms with van der Waals surface area (Å²) in [5, 5.41) is 0. The highest BCUT2D eigenvalue weighted by molar-refractivity contribution is 5.18. The standard InChI is InChI=1S/C12H21N3/c1-10(2)7-5-3-4-6-8-11-9-14-12(13)15-11/h5,7,9-10H,3-4,6,8H2,1-2H3,(H3,13,14,15)/b7-5+. The van der Waals surface area contributed by atoms with Gasteiger partial charge < -0.3 is 10.7 Å². The number of H-pyrrole nitrogens is 1. The van der Waals surface area contributed by atoms with Crippen LogP contribution in [0.4, 0.5) is 5.95 Å². The second-order valence-corrected chi connectivity index (χ2v) is 4.21. The smallest absolute Gasteiger partial charge is 0.197 e. The monoisotopic (exact) mass is 207 g/mol. The van der Waals surface area contributed by atoms with E-state index in [-0.39, 0.29) is 0 Å². The number of nitrogen functional groups attached to an aromatic ring is 1. The molecule has 1 aromatic rings. The van der Waals surface area contributed by atoms with Crippen molar-refractivity contribution in [3.8, 4) is 0 Å². The van der Waals surface area contributed by atoms with Crippen molar-refractivity contribution in [3.63, 3.8) is 0 Å². The Kier molecular flexibility index (Phi) is 4.95. The summed E-state index contributed by atoms with van der Waals surface area (Å²) in [6.45, 7) is 4.40. The van der Waals surface area contributed by atoms with Crippen LogP contribution >= 0.6 is 0 Å². The molecule has 15 heavy (non-hydrogen) atoms. The van der Waals surface area contributed by atoms with Gasteiger partial charge in [0.15, 0.2) is 5.95 Å². The van der Waals surface area contributed by atoms with E-state index in [0.29, 0.717) is 11.9 Å². The molecule has 1 heterocycles. The first kappa shape index (κ1) is 11.8. The molecule has 0 amide bonds. The van der Waals surface area contributed by atoms with Crippen molar-refractivity contribution in [1.82, 2.24) is 9.97 Å². The van der Waals surface area contributed by atoms with Gasteiger partial charge in [0, 0.05) is 5.69 Å². The number of aromatic nitrogens is 2. The van der Waals surface area contributed by atoms with Gasteiger partial charge in [-0.3, -0.25) is 0 Å². The first-order valence-electron chi connectivity index (χ1n) is 5.64. The average molecular weight is 207 g/mol. The lowest BCUT2D eigenvalue weighted by atomic mass is 10.1. The first-order valence-corrected chi connectivity index (χ1v) is 5.64. The molecule has 0 bridgehead atoms. The molecule has 0 spiro atoms. The van der Waals surface area contributed by atoms with Gasteiger partial charge in [-0.1, -0.05) is 26.0 Å². The number of nitrogens with zero attached hydrogens (tertiary/aromatic N) is 1. The molecule has 0 unspecified atom stereocenters. The first-order chi connectivity index (χ1) is 7.18. The average Bonchev–Trinajstić information content (AvgIpc) is 2.57. The highest BCUT2D eigenvalue weighted by Crippen LogP contribution is 2.06. The molecule has 0 aliphatic carbocycles. The minimum absolute atomic E-state index is 0.518. The van der Waals surface area contributed by atoms with E-state index in [4.69, 9.17) is 5.73 Å². The molecule has 3 nitrogen and oxygen atoms in total. The van der Waals surface area contributed by atoms with Crippen LogP contribution in [-0.4, -0.2) is 9.97 Å².